The number of hydrogen-bond donors (Lipinski definition) is 1. The van der Waals surface area contributed by atoms with Crippen LogP contribution in [0.3, 0.4) is 0 Å². The highest BCUT2D eigenvalue weighted by molar-refractivity contribution is 5.93. The van der Waals surface area contributed by atoms with Crippen molar-refractivity contribution in [1.82, 2.24) is 5.32 Å². The lowest BCUT2D eigenvalue weighted by Crippen LogP contribution is -2.35. The van der Waals surface area contributed by atoms with Crippen molar-refractivity contribution in [2.45, 2.75) is 45.1 Å². The predicted molar refractivity (Wildman–Crippen MR) is 77.4 cm³/mol. The lowest BCUT2D eigenvalue weighted by Gasteiger charge is -2.22. The summed E-state index contributed by atoms with van der Waals surface area (Å²) in [7, 11) is 0. The molecule has 0 amide bonds. The third-order valence-electron chi connectivity index (χ3n) is 4.92. The molecule has 1 N–H and O–H groups in total. The molecule has 2 heteroatoms. The fourth-order valence-electron chi connectivity index (χ4n) is 3.80. The van der Waals surface area contributed by atoms with Gasteiger partial charge in [0, 0.05) is 11.6 Å². The van der Waals surface area contributed by atoms with Crippen molar-refractivity contribution in [1.29, 1.82) is 0 Å². The number of nitrogens with one attached hydrogen (secondary N) is 1. The van der Waals surface area contributed by atoms with Crippen molar-refractivity contribution in [2.24, 2.45) is 11.8 Å². The Morgan fingerprint density at radius 3 is 2.58 bits per heavy atom. The SMILES string of the molecule is CC(=O)c1ccc(CCNC2CC3CCC2C3)cc1. The Hall–Kier alpha value is -1.15. The highest BCUT2D eigenvalue weighted by atomic mass is 16.1. The zero-order valence-corrected chi connectivity index (χ0v) is 11.7. The molecule has 3 atom stereocenters. The normalized spacial score (nSPS) is 28.8. The number of carbonyl (C=O) groups excluding carboxylic acids is 1. The standard InChI is InChI=1S/C17H23NO/c1-12(19)15-5-2-13(3-6-15)8-9-18-17-11-14-4-7-16(17)10-14/h2-3,5-6,14,16-18H,4,7-11H2,1H3. The van der Waals surface area contributed by atoms with E-state index in [1.54, 1.807) is 6.92 Å². The Bertz CT molecular complexity index is 451. The molecule has 19 heavy (non-hydrogen) atoms. The molecule has 3 unspecified atom stereocenters. The van der Waals surface area contributed by atoms with E-state index < -0.39 is 0 Å². The van der Waals surface area contributed by atoms with Crippen molar-refractivity contribution >= 4 is 5.78 Å². The molecule has 1 aromatic rings. The van der Waals surface area contributed by atoms with E-state index in [2.05, 4.69) is 17.4 Å². The molecule has 0 aliphatic heterocycles. The maximum absolute atomic E-state index is 11.2. The summed E-state index contributed by atoms with van der Waals surface area (Å²) in [5.41, 5.74) is 2.13. The molecule has 1 aromatic carbocycles. The first-order valence-corrected chi connectivity index (χ1v) is 7.55. The van der Waals surface area contributed by atoms with Crippen LogP contribution in [0.5, 0.6) is 0 Å². The van der Waals surface area contributed by atoms with Gasteiger partial charge in [-0.05, 0) is 56.6 Å². The van der Waals surface area contributed by atoms with E-state index >= 15 is 0 Å². The van der Waals surface area contributed by atoms with Gasteiger partial charge in [0.1, 0.15) is 0 Å². The smallest absolute Gasteiger partial charge is 0.159 e. The number of Topliss-reactive ketones (excluding diaryl/α,β-unsaturated/α-hetero) is 1. The monoisotopic (exact) mass is 257 g/mol. The average Bonchev–Trinajstić information content (AvgIpc) is 3.02. The Balaban J connectivity index is 1.46. The second kappa shape index (κ2) is 5.46. The summed E-state index contributed by atoms with van der Waals surface area (Å²) in [6, 6.07) is 8.82. The van der Waals surface area contributed by atoms with E-state index in [1.165, 1.54) is 31.2 Å². The van der Waals surface area contributed by atoms with Crippen LogP contribution in [-0.2, 0) is 6.42 Å². The largest absolute Gasteiger partial charge is 0.313 e. The topological polar surface area (TPSA) is 29.1 Å². The van der Waals surface area contributed by atoms with Crippen LogP contribution in [0.15, 0.2) is 24.3 Å². The summed E-state index contributed by atoms with van der Waals surface area (Å²) in [6.07, 6.45) is 6.83. The Morgan fingerprint density at radius 2 is 2.00 bits per heavy atom. The minimum atomic E-state index is 0.145. The van der Waals surface area contributed by atoms with Crippen molar-refractivity contribution in [3.8, 4) is 0 Å². The quantitative estimate of drug-likeness (QED) is 0.821. The summed E-state index contributed by atoms with van der Waals surface area (Å²) >= 11 is 0. The van der Waals surface area contributed by atoms with Crippen LogP contribution in [0.1, 0.15) is 48.5 Å². The van der Waals surface area contributed by atoms with Gasteiger partial charge in [0.15, 0.2) is 5.78 Å². The number of ketones is 1. The molecule has 0 spiro atoms. The number of rotatable bonds is 5. The molecule has 102 valence electrons. The summed E-state index contributed by atoms with van der Waals surface area (Å²) in [6.45, 7) is 2.68. The number of carbonyl (C=O) groups is 1. The maximum atomic E-state index is 11.2. The zero-order chi connectivity index (χ0) is 13.2. The van der Waals surface area contributed by atoms with Crippen molar-refractivity contribution in [2.75, 3.05) is 6.54 Å². The van der Waals surface area contributed by atoms with Gasteiger partial charge in [-0.25, -0.2) is 0 Å². The van der Waals surface area contributed by atoms with Crippen LogP contribution in [0.2, 0.25) is 0 Å². The van der Waals surface area contributed by atoms with Crippen LogP contribution >= 0.6 is 0 Å². The van der Waals surface area contributed by atoms with E-state index in [1.807, 2.05) is 12.1 Å². The molecule has 0 saturated heterocycles. The van der Waals surface area contributed by atoms with Gasteiger partial charge in [-0.2, -0.15) is 0 Å². The fourth-order valence-corrected chi connectivity index (χ4v) is 3.80. The molecule has 3 rings (SSSR count). The van der Waals surface area contributed by atoms with E-state index in [-0.39, 0.29) is 5.78 Å². The van der Waals surface area contributed by atoms with Crippen LogP contribution in [0.4, 0.5) is 0 Å². The second-order valence-electron chi connectivity index (χ2n) is 6.24. The van der Waals surface area contributed by atoms with Crippen LogP contribution < -0.4 is 5.32 Å². The van der Waals surface area contributed by atoms with Crippen LogP contribution in [-0.4, -0.2) is 18.4 Å². The van der Waals surface area contributed by atoms with Gasteiger partial charge in [-0.1, -0.05) is 30.7 Å². The van der Waals surface area contributed by atoms with Gasteiger partial charge in [0.2, 0.25) is 0 Å². The first-order chi connectivity index (χ1) is 9.22. The minimum absolute atomic E-state index is 0.145. The minimum Gasteiger partial charge on any atom is -0.313 e. The molecule has 2 saturated carbocycles. The lowest BCUT2D eigenvalue weighted by atomic mass is 9.95. The second-order valence-corrected chi connectivity index (χ2v) is 6.24. The molecule has 0 heterocycles. The molecule has 2 fully saturated rings. The highest BCUT2D eigenvalue weighted by Crippen LogP contribution is 2.44. The van der Waals surface area contributed by atoms with Crippen molar-refractivity contribution in [3.63, 3.8) is 0 Å². The third-order valence-corrected chi connectivity index (χ3v) is 4.92. The third kappa shape index (κ3) is 2.89. The molecule has 2 nitrogen and oxygen atoms in total. The van der Waals surface area contributed by atoms with Gasteiger partial charge >= 0.3 is 0 Å². The van der Waals surface area contributed by atoms with Gasteiger partial charge in [-0.3, -0.25) is 4.79 Å². The van der Waals surface area contributed by atoms with E-state index in [4.69, 9.17) is 0 Å². The molecular weight excluding hydrogens is 234 g/mol. The van der Waals surface area contributed by atoms with Gasteiger partial charge in [0.05, 0.1) is 0 Å². The molecule has 2 aliphatic carbocycles. The van der Waals surface area contributed by atoms with E-state index in [0.717, 1.165) is 36.4 Å². The summed E-state index contributed by atoms with van der Waals surface area (Å²) in [4.78, 5) is 11.2. The Labute approximate surface area is 115 Å². The van der Waals surface area contributed by atoms with Crippen LogP contribution in [0.25, 0.3) is 0 Å². The Kier molecular flexibility index (Phi) is 3.69. The first kappa shape index (κ1) is 12.9. The van der Waals surface area contributed by atoms with Crippen molar-refractivity contribution in [3.05, 3.63) is 35.4 Å². The van der Waals surface area contributed by atoms with Crippen LogP contribution in [0, 0.1) is 11.8 Å². The molecule has 2 aliphatic rings. The maximum Gasteiger partial charge on any atom is 0.159 e. The number of benzene rings is 1. The molecule has 0 radical (unpaired) electrons. The predicted octanol–water partition coefficient (Wildman–Crippen LogP) is 3.21. The first-order valence-electron chi connectivity index (χ1n) is 7.55. The van der Waals surface area contributed by atoms with Gasteiger partial charge < -0.3 is 5.32 Å². The Morgan fingerprint density at radius 1 is 1.21 bits per heavy atom. The number of fused-ring (bicyclic) bond motifs is 2. The fraction of sp³-hybridized carbons (Fsp3) is 0.588. The van der Waals surface area contributed by atoms with E-state index in [0.29, 0.717) is 0 Å². The summed E-state index contributed by atoms with van der Waals surface area (Å²) in [5, 5.41) is 3.73. The van der Waals surface area contributed by atoms with Crippen molar-refractivity contribution < 1.29 is 4.79 Å². The summed E-state index contributed by atoms with van der Waals surface area (Å²) in [5.74, 6) is 2.11. The molecular formula is C17H23NO. The van der Waals surface area contributed by atoms with Gasteiger partial charge in [0.25, 0.3) is 0 Å². The molecule has 0 aromatic heterocycles. The molecule has 2 bridgehead atoms. The summed E-state index contributed by atoms with van der Waals surface area (Å²) < 4.78 is 0. The van der Waals surface area contributed by atoms with E-state index in [9.17, 15) is 4.79 Å². The number of hydrogen-bond acceptors (Lipinski definition) is 2. The lowest BCUT2D eigenvalue weighted by molar-refractivity contribution is 0.101. The zero-order valence-electron chi connectivity index (χ0n) is 11.7. The van der Waals surface area contributed by atoms with Gasteiger partial charge in [-0.15, -0.1) is 0 Å². The average molecular weight is 257 g/mol. The highest BCUT2D eigenvalue weighted by Gasteiger charge is 2.38.